The number of pyridine rings is 1. The highest BCUT2D eigenvalue weighted by atomic mass is 32.2. The molecule has 1 aliphatic heterocycles. The lowest BCUT2D eigenvalue weighted by Crippen LogP contribution is -2.23. The Labute approximate surface area is 154 Å². The first-order chi connectivity index (χ1) is 12.5. The Bertz CT molecular complexity index is 1080. The number of hydrogen-bond donors (Lipinski definition) is 2. The number of sulfonamides is 1. The van der Waals surface area contributed by atoms with Gasteiger partial charge >= 0.3 is 0 Å². The molecule has 1 aliphatic rings. The predicted octanol–water partition coefficient (Wildman–Crippen LogP) is 2.18. The average molecular weight is 386 g/mol. The van der Waals surface area contributed by atoms with E-state index in [-0.39, 0.29) is 23.8 Å². The van der Waals surface area contributed by atoms with Crippen molar-refractivity contribution < 1.29 is 13.2 Å². The number of thiazole rings is 1. The van der Waals surface area contributed by atoms with Crippen LogP contribution in [0.4, 0.5) is 5.69 Å². The van der Waals surface area contributed by atoms with E-state index in [9.17, 15) is 13.2 Å². The minimum Gasteiger partial charge on any atom is -0.326 e. The van der Waals surface area contributed by atoms with E-state index in [1.165, 1.54) is 23.5 Å². The van der Waals surface area contributed by atoms with Gasteiger partial charge in [0.1, 0.15) is 5.01 Å². The summed E-state index contributed by atoms with van der Waals surface area (Å²) in [6.45, 7) is 0.0987. The number of rotatable bonds is 5. The quantitative estimate of drug-likeness (QED) is 0.700. The van der Waals surface area contributed by atoms with E-state index in [1.54, 1.807) is 18.5 Å². The molecule has 3 heterocycles. The Morgan fingerprint density at radius 2 is 2.15 bits per heavy atom. The summed E-state index contributed by atoms with van der Waals surface area (Å²) in [6.07, 6.45) is 3.59. The van der Waals surface area contributed by atoms with Gasteiger partial charge in [0.25, 0.3) is 0 Å². The van der Waals surface area contributed by atoms with E-state index in [0.717, 1.165) is 11.3 Å². The molecule has 0 fully saturated rings. The third-order valence-corrected chi connectivity index (χ3v) is 6.18. The number of fused-ring (bicyclic) bond motifs is 1. The largest absolute Gasteiger partial charge is 0.326 e. The van der Waals surface area contributed by atoms with Crippen LogP contribution >= 0.6 is 11.3 Å². The van der Waals surface area contributed by atoms with Gasteiger partial charge in [-0.2, -0.15) is 0 Å². The topological polar surface area (TPSA) is 101 Å². The Morgan fingerprint density at radius 3 is 2.96 bits per heavy atom. The fourth-order valence-corrected chi connectivity index (χ4v) is 4.52. The minimum absolute atomic E-state index is 0.0987. The maximum Gasteiger partial charge on any atom is 0.240 e. The van der Waals surface area contributed by atoms with Crippen LogP contribution in [0.1, 0.15) is 10.6 Å². The summed E-state index contributed by atoms with van der Waals surface area (Å²) in [5, 5.41) is 5.21. The molecule has 0 atom stereocenters. The molecule has 4 rings (SSSR count). The number of carbonyl (C=O) groups is 1. The summed E-state index contributed by atoms with van der Waals surface area (Å²) in [4.78, 5) is 20.0. The number of amides is 1. The number of aromatic nitrogens is 2. The van der Waals surface area contributed by atoms with Crippen LogP contribution in [-0.4, -0.2) is 24.3 Å². The fraction of sp³-hybridized carbons (Fsp3) is 0.118. The van der Waals surface area contributed by atoms with Crippen LogP contribution in [0.3, 0.4) is 0 Å². The lowest BCUT2D eigenvalue weighted by atomic mass is 10.2. The van der Waals surface area contributed by atoms with Gasteiger partial charge in [0.2, 0.25) is 15.9 Å². The zero-order chi connectivity index (χ0) is 18.1. The minimum atomic E-state index is -3.69. The molecule has 0 bridgehead atoms. The van der Waals surface area contributed by atoms with Gasteiger partial charge in [-0.25, -0.2) is 18.1 Å². The van der Waals surface area contributed by atoms with E-state index in [4.69, 9.17) is 0 Å². The molecular weight excluding hydrogens is 372 g/mol. The molecule has 0 radical (unpaired) electrons. The van der Waals surface area contributed by atoms with Gasteiger partial charge in [0.05, 0.1) is 23.6 Å². The van der Waals surface area contributed by atoms with Crippen molar-refractivity contribution in [3.8, 4) is 11.3 Å². The first-order valence-corrected chi connectivity index (χ1v) is 10.1. The fourth-order valence-electron chi connectivity index (χ4n) is 2.65. The van der Waals surface area contributed by atoms with Gasteiger partial charge in [-0.15, -0.1) is 11.3 Å². The molecular formula is C17H14N4O3S2. The molecule has 3 aromatic rings. The SMILES string of the molecule is O=C1Cc2cc(S(=O)(=O)NCc3nc(-c4cccnc4)cs3)ccc2N1. The monoisotopic (exact) mass is 386 g/mol. The van der Waals surface area contributed by atoms with Crippen molar-refractivity contribution in [3.63, 3.8) is 0 Å². The van der Waals surface area contributed by atoms with Crippen LogP contribution < -0.4 is 10.0 Å². The van der Waals surface area contributed by atoms with Gasteiger partial charge in [-0.3, -0.25) is 9.78 Å². The number of nitrogens with one attached hydrogen (secondary N) is 2. The standard InChI is InChI=1S/C17H14N4O3S2/c22-16-7-12-6-13(3-4-14(12)20-16)26(23,24)19-9-17-21-15(10-25-17)11-2-1-5-18-8-11/h1-6,8,10,19H,7,9H2,(H,20,22). The lowest BCUT2D eigenvalue weighted by Gasteiger charge is -2.07. The van der Waals surface area contributed by atoms with Crippen molar-refractivity contribution in [3.05, 3.63) is 58.7 Å². The molecule has 2 aromatic heterocycles. The normalized spacial score (nSPS) is 13.5. The van der Waals surface area contributed by atoms with Crippen LogP contribution in [0.15, 0.2) is 53.0 Å². The van der Waals surface area contributed by atoms with E-state index in [1.807, 2.05) is 17.5 Å². The molecule has 132 valence electrons. The van der Waals surface area contributed by atoms with Gasteiger partial charge in [-0.05, 0) is 35.9 Å². The van der Waals surface area contributed by atoms with Crippen LogP contribution in [0.2, 0.25) is 0 Å². The molecule has 9 heteroatoms. The third kappa shape index (κ3) is 3.36. The van der Waals surface area contributed by atoms with Gasteiger partial charge in [-0.1, -0.05) is 0 Å². The van der Waals surface area contributed by atoms with Crippen molar-refractivity contribution in [1.82, 2.24) is 14.7 Å². The maximum absolute atomic E-state index is 12.5. The maximum atomic E-state index is 12.5. The average Bonchev–Trinajstić information content (AvgIpc) is 3.25. The summed E-state index contributed by atoms with van der Waals surface area (Å²) >= 11 is 1.38. The molecule has 0 saturated heterocycles. The summed E-state index contributed by atoms with van der Waals surface area (Å²) in [7, 11) is -3.69. The van der Waals surface area contributed by atoms with E-state index >= 15 is 0 Å². The first kappa shape index (κ1) is 16.8. The number of hydrogen-bond acceptors (Lipinski definition) is 6. The molecule has 26 heavy (non-hydrogen) atoms. The van der Waals surface area contributed by atoms with Crippen molar-refractivity contribution >= 4 is 33.0 Å². The molecule has 0 spiro atoms. The van der Waals surface area contributed by atoms with Crippen LogP contribution in [0.25, 0.3) is 11.3 Å². The predicted molar refractivity (Wildman–Crippen MR) is 98.1 cm³/mol. The second-order valence-corrected chi connectivity index (χ2v) is 8.45. The Morgan fingerprint density at radius 1 is 1.27 bits per heavy atom. The Kier molecular flexibility index (Phi) is 4.27. The van der Waals surface area contributed by atoms with Gasteiger partial charge in [0.15, 0.2) is 0 Å². The van der Waals surface area contributed by atoms with Crippen molar-refractivity contribution in [1.29, 1.82) is 0 Å². The van der Waals surface area contributed by atoms with E-state index in [0.29, 0.717) is 16.3 Å². The molecule has 0 unspecified atom stereocenters. The summed E-state index contributed by atoms with van der Waals surface area (Å²) in [5.74, 6) is -0.131. The zero-order valence-corrected chi connectivity index (χ0v) is 15.1. The zero-order valence-electron chi connectivity index (χ0n) is 13.5. The molecule has 0 aliphatic carbocycles. The third-order valence-electron chi connectivity index (χ3n) is 3.93. The molecule has 1 aromatic carbocycles. The number of carbonyl (C=O) groups excluding carboxylic acids is 1. The second-order valence-electron chi connectivity index (χ2n) is 5.74. The molecule has 0 saturated carbocycles. The van der Waals surface area contributed by atoms with E-state index < -0.39 is 10.0 Å². The second kappa shape index (κ2) is 6.60. The van der Waals surface area contributed by atoms with Crippen LogP contribution in [-0.2, 0) is 27.8 Å². The van der Waals surface area contributed by atoms with Gasteiger partial charge in [0, 0.05) is 29.0 Å². The molecule has 2 N–H and O–H groups in total. The highest BCUT2D eigenvalue weighted by Gasteiger charge is 2.22. The van der Waals surface area contributed by atoms with Crippen molar-refractivity contribution in [2.75, 3.05) is 5.32 Å². The molecule has 7 nitrogen and oxygen atoms in total. The highest BCUT2D eigenvalue weighted by molar-refractivity contribution is 7.89. The smallest absolute Gasteiger partial charge is 0.240 e. The first-order valence-electron chi connectivity index (χ1n) is 7.78. The van der Waals surface area contributed by atoms with Crippen molar-refractivity contribution in [2.45, 2.75) is 17.9 Å². The number of benzene rings is 1. The summed E-state index contributed by atoms with van der Waals surface area (Å²) in [5.41, 5.74) is 2.99. The van der Waals surface area contributed by atoms with E-state index in [2.05, 4.69) is 20.0 Å². The lowest BCUT2D eigenvalue weighted by molar-refractivity contribution is -0.115. The number of anilines is 1. The van der Waals surface area contributed by atoms with Crippen LogP contribution in [0.5, 0.6) is 0 Å². The van der Waals surface area contributed by atoms with Gasteiger partial charge < -0.3 is 5.32 Å². The Balaban J connectivity index is 1.49. The summed E-state index contributed by atoms with van der Waals surface area (Å²) < 4.78 is 27.6. The molecule has 1 amide bonds. The highest BCUT2D eigenvalue weighted by Crippen LogP contribution is 2.26. The number of nitrogens with zero attached hydrogens (tertiary/aromatic N) is 2. The Hall–Kier alpha value is -2.62. The van der Waals surface area contributed by atoms with Crippen molar-refractivity contribution in [2.24, 2.45) is 0 Å². The van der Waals surface area contributed by atoms with Crippen LogP contribution in [0, 0.1) is 0 Å². The summed E-state index contributed by atoms with van der Waals surface area (Å²) in [6, 6.07) is 8.34.